The van der Waals surface area contributed by atoms with Crippen molar-refractivity contribution in [1.82, 2.24) is 10.6 Å². The van der Waals surface area contributed by atoms with E-state index in [9.17, 15) is 9.59 Å². The monoisotopic (exact) mass is 317 g/mol. The van der Waals surface area contributed by atoms with Gasteiger partial charge in [0, 0.05) is 43.6 Å². The molecule has 1 aromatic rings. The maximum atomic E-state index is 11.6. The van der Waals surface area contributed by atoms with Crippen LogP contribution in [0.2, 0.25) is 0 Å². The fraction of sp³-hybridized carbons (Fsp3) is 0.529. The molecule has 3 rings (SSSR count). The first-order chi connectivity index (χ1) is 11.1. The summed E-state index contributed by atoms with van der Waals surface area (Å²) in [6.07, 6.45) is 1.41. The molecule has 2 aliphatic heterocycles. The quantitative estimate of drug-likeness (QED) is 0.786. The van der Waals surface area contributed by atoms with E-state index in [1.54, 1.807) is 0 Å². The van der Waals surface area contributed by atoms with Crippen LogP contribution >= 0.6 is 0 Å². The molecule has 2 aliphatic rings. The first-order valence-corrected chi connectivity index (χ1v) is 8.09. The molecule has 0 aliphatic carbocycles. The van der Waals surface area contributed by atoms with Crippen molar-refractivity contribution in [2.24, 2.45) is 0 Å². The van der Waals surface area contributed by atoms with Crippen molar-refractivity contribution >= 4 is 18.0 Å². The van der Waals surface area contributed by atoms with E-state index in [-0.39, 0.29) is 11.3 Å². The van der Waals surface area contributed by atoms with E-state index in [1.807, 2.05) is 0 Å². The Bertz CT molecular complexity index is 599. The lowest BCUT2D eigenvalue weighted by atomic mass is 9.80. The zero-order chi connectivity index (χ0) is 16.3. The fourth-order valence-corrected chi connectivity index (χ4v) is 3.35. The van der Waals surface area contributed by atoms with E-state index in [0.29, 0.717) is 25.9 Å². The van der Waals surface area contributed by atoms with Crippen molar-refractivity contribution in [3.8, 4) is 5.75 Å². The van der Waals surface area contributed by atoms with Crippen molar-refractivity contribution in [2.75, 3.05) is 37.7 Å². The molecule has 2 N–H and O–H groups in total. The standard InChI is InChI=1S/C17H23N3O3/c1-17(6-5-15(22)19-12-21)11-23-16-13(17)3-2-4-14(16)20-9-7-18-8-10-20/h2-4,12,18H,5-11H2,1H3,(H,19,21,22). The van der Waals surface area contributed by atoms with E-state index in [2.05, 4.69) is 40.7 Å². The number of carbonyl (C=O) groups is 2. The van der Waals surface area contributed by atoms with E-state index in [4.69, 9.17) is 4.74 Å². The smallest absolute Gasteiger partial charge is 0.226 e. The molecule has 0 radical (unpaired) electrons. The Morgan fingerprint density at radius 3 is 2.96 bits per heavy atom. The lowest BCUT2D eigenvalue weighted by Crippen LogP contribution is -2.43. The molecule has 0 aromatic heterocycles. The number of fused-ring (bicyclic) bond motifs is 1. The Labute approximate surface area is 136 Å². The predicted molar refractivity (Wildman–Crippen MR) is 87.8 cm³/mol. The Morgan fingerprint density at radius 1 is 1.43 bits per heavy atom. The van der Waals surface area contributed by atoms with Gasteiger partial charge in [0.15, 0.2) is 0 Å². The summed E-state index contributed by atoms with van der Waals surface area (Å²) in [6, 6.07) is 6.26. The number of benzene rings is 1. The van der Waals surface area contributed by atoms with Gasteiger partial charge in [-0.3, -0.25) is 14.9 Å². The summed E-state index contributed by atoms with van der Waals surface area (Å²) in [6.45, 7) is 6.59. The van der Waals surface area contributed by atoms with Crippen LogP contribution in [0.15, 0.2) is 18.2 Å². The third-order valence-corrected chi connectivity index (χ3v) is 4.76. The third-order valence-electron chi connectivity index (χ3n) is 4.76. The number of hydrogen-bond acceptors (Lipinski definition) is 5. The van der Waals surface area contributed by atoms with Gasteiger partial charge in [-0.05, 0) is 12.5 Å². The molecule has 1 atom stereocenters. The molecule has 0 saturated carbocycles. The summed E-state index contributed by atoms with van der Waals surface area (Å²) < 4.78 is 6.03. The Hall–Kier alpha value is -2.08. The molecule has 1 fully saturated rings. The highest BCUT2D eigenvalue weighted by Gasteiger charge is 2.38. The predicted octanol–water partition coefficient (Wildman–Crippen LogP) is 0.799. The van der Waals surface area contributed by atoms with Crippen LogP contribution in [0.4, 0.5) is 5.69 Å². The van der Waals surface area contributed by atoms with Gasteiger partial charge in [-0.15, -0.1) is 0 Å². The second-order valence-corrected chi connectivity index (χ2v) is 6.43. The summed E-state index contributed by atoms with van der Waals surface area (Å²) in [4.78, 5) is 24.3. The first kappa shape index (κ1) is 15.8. The van der Waals surface area contributed by atoms with Gasteiger partial charge in [0.25, 0.3) is 0 Å². The number of imide groups is 1. The van der Waals surface area contributed by atoms with Gasteiger partial charge in [-0.25, -0.2) is 0 Å². The fourth-order valence-electron chi connectivity index (χ4n) is 3.35. The molecular formula is C17H23N3O3. The van der Waals surface area contributed by atoms with Gasteiger partial charge in [0.05, 0.1) is 12.3 Å². The second-order valence-electron chi connectivity index (χ2n) is 6.43. The average molecular weight is 317 g/mol. The van der Waals surface area contributed by atoms with Gasteiger partial charge in [0.1, 0.15) is 5.75 Å². The van der Waals surface area contributed by atoms with Crippen molar-refractivity contribution in [3.05, 3.63) is 23.8 Å². The molecule has 23 heavy (non-hydrogen) atoms. The number of rotatable bonds is 5. The van der Waals surface area contributed by atoms with E-state index < -0.39 is 0 Å². The van der Waals surface area contributed by atoms with Gasteiger partial charge in [0.2, 0.25) is 12.3 Å². The molecule has 1 saturated heterocycles. The molecule has 0 spiro atoms. The number of ether oxygens (including phenoxy) is 1. The highest BCUT2D eigenvalue weighted by molar-refractivity contribution is 5.85. The molecule has 1 aromatic carbocycles. The summed E-state index contributed by atoms with van der Waals surface area (Å²) >= 11 is 0. The van der Waals surface area contributed by atoms with Crippen LogP contribution in [0.5, 0.6) is 5.75 Å². The minimum absolute atomic E-state index is 0.195. The number of carbonyl (C=O) groups excluding carboxylic acids is 2. The molecule has 2 amide bonds. The van der Waals surface area contributed by atoms with Gasteiger partial charge in [-0.1, -0.05) is 19.1 Å². The largest absolute Gasteiger partial charge is 0.490 e. The number of piperazine rings is 1. The zero-order valence-corrected chi connectivity index (χ0v) is 13.4. The van der Waals surface area contributed by atoms with Crippen molar-refractivity contribution in [2.45, 2.75) is 25.2 Å². The van der Waals surface area contributed by atoms with Crippen LogP contribution in [0, 0.1) is 0 Å². The summed E-state index contributed by atoms with van der Waals surface area (Å²) in [5.74, 6) is 0.709. The highest BCUT2D eigenvalue weighted by atomic mass is 16.5. The molecule has 124 valence electrons. The number of nitrogens with zero attached hydrogens (tertiary/aromatic N) is 1. The highest BCUT2D eigenvalue weighted by Crippen LogP contribution is 2.46. The van der Waals surface area contributed by atoms with Crippen LogP contribution in [0.1, 0.15) is 25.3 Å². The minimum Gasteiger partial charge on any atom is -0.490 e. The molecule has 6 nitrogen and oxygen atoms in total. The molecule has 1 unspecified atom stereocenters. The van der Waals surface area contributed by atoms with Crippen LogP contribution in [0.25, 0.3) is 0 Å². The van der Waals surface area contributed by atoms with E-state index >= 15 is 0 Å². The van der Waals surface area contributed by atoms with Gasteiger partial charge >= 0.3 is 0 Å². The Kier molecular flexibility index (Phi) is 4.52. The van der Waals surface area contributed by atoms with E-state index in [1.165, 1.54) is 0 Å². The zero-order valence-electron chi connectivity index (χ0n) is 13.4. The van der Waals surface area contributed by atoms with Crippen LogP contribution < -0.4 is 20.3 Å². The molecule has 0 bridgehead atoms. The summed E-state index contributed by atoms with van der Waals surface area (Å²) in [5, 5.41) is 5.56. The Morgan fingerprint density at radius 2 is 2.22 bits per heavy atom. The van der Waals surface area contributed by atoms with E-state index in [0.717, 1.165) is 43.2 Å². The van der Waals surface area contributed by atoms with Crippen LogP contribution in [0.3, 0.4) is 0 Å². The summed E-state index contributed by atoms with van der Waals surface area (Å²) in [7, 11) is 0. The number of amides is 2. The van der Waals surface area contributed by atoms with Crippen molar-refractivity contribution < 1.29 is 14.3 Å². The third kappa shape index (κ3) is 3.17. The van der Waals surface area contributed by atoms with Gasteiger partial charge in [-0.2, -0.15) is 0 Å². The molecular weight excluding hydrogens is 294 g/mol. The lowest BCUT2D eigenvalue weighted by Gasteiger charge is -2.30. The second kappa shape index (κ2) is 6.58. The minimum atomic E-state index is -0.243. The SMILES string of the molecule is CC1(CCC(=O)NC=O)COc2c(N3CCNCC3)cccc21. The maximum absolute atomic E-state index is 11.6. The normalized spacial score (nSPS) is 23.1. The lowest BCUT2D eigenvalue weighted by molar-refractivity contribution is -0.125. The summed E-state index contributed by atoms with van der Waals surface area (Å²) in [5.41, 5.74) is 2.11. The van der Waals surface area contributed by atoms with Gasteiger partial charge < -0.3 is 15.0 Å². The van der Waals surface area contributed by atoms with Crippen LogP contribution in [-0.2, 0) is 15.0 Å². The number of anilines is 1. The Balaban J connectivity index is 1.79. The van der Waals surface area contributed by atoms with Crippen LogP contribution in [-0.4, -0.2) is 45.1 Å². The topological polar surface area (TPSA) is 70.7 Å². The molecule has 6 heteroatoms. The first-order valence-electron chi connectivity index (χ1n) is 8.09. The number of para-hydroxylation sites is 1. The number of nitrogens with one attached hydrogen (secondary N) is 2. The van der Waals surface area contributed by atoms with Crippen molar-refractivity contribution in [1.29, 1.82) is 0 Å². The number of hydrogen-bond donors (Lipinski definition) is 2. The maximum Gasteiger partial charge on any atom is 0.226 e. The van der Waals surface area contributed by atoms with Crippen molar-refractivity contribution in [3.63, 3.8) is 0 Å². The average Bonchev–Trinajstić information content (AvgIpc) is 2.92. The molecule has 2 heterocycles.